The van der Waals surface area contributed by atoms with Gasteiger partial charge in [0, 0.05) is 18.2 Å². The van der Waals surface area contributed by atoms with Crippen LogP contribution >= 0.6 is 0 Å². The molecule has 8 heteroatoms. The standard InChI is InChI=1S/C17H24N2O5S/c1-17(2,3)24-16(21)18-10-12-4-6-13(7-5-12)15(20)19-14-8-9-25(22,23)11-14/h4-7,14H,8-11H2,1-3H3,(H,18,21)(H,19,20)/t14-/m1/s1. The molecule has 7 nitrogen and oxygen atoms in total. The van der Waals surface area contributed by atoms with Crippen LogP contribution < -0.4 is 10.6 Å². The molecule has 2 N–H and O–H groups in total. The number of ether oxygens (including phenoxy) is 1. The first-order valence-electron chi connectivity index (χ1n) is 8.11. The summed E-state index contributed by atoms with van der Waals surface area (Å²) >= 11 is 0. The fourth-order valence-electron chi connectivity index (χ4n) is 2.44. The predicted octanol–water partition coefficient (Wildman–Crippen LogP) is 1.63. The molecular weight excluding hydrogens is 344 g/mol. The van der Waals surface area contributed by atoms with E-state index in [1.54, 1.807) is 45.0 Å². The van der Waals surface area contributed by atoms with Gasteiger partial charge in [0.2, 0.25) is 0 Å². The van der Waals surface area contributed by atoms with Crippen LogP contribution in [-0.4, -0.2) is 43.6 Å². The number of carbonyl (C=O) groups excluding carboxylic acids is 2. The highest BCUT2D eigenvalue weighted by Gasteiger charge is 2.29. The van der Waals surface area contributed by atoms with Crippen LogP contribution in [0.3, 0.4) is 0 Å². The molecule has 1 atom stereocenters. The van der Waals surface area contributed by atoms with Gasteiger partial charge in [-0.1, -0.05) is 12.1 Å². The minimum atomic E-state index is -3.03. The van der Waals surface area contributed by atoms with Gasteiger partial charge < -0.3 is 15.4 Å². The second-order valence-electron chi connectivity index (χ2n) is 7.13. The molecule has 1 saturated heterocycles. The van der Waals surface area contributed by atoms with Crippen molar-refractivity contribution in [1.82, 2.24) is 10.6 Å². The van der Waals surface area contributed by atoms with Crippen LogP contribution in [0.4, 0.5) is 4.79 Å². The minimum absolute atomic E-state index is 0.00334. The Morgan fingerprint density at radius 1 is 1.20 bits per heavy atom. The van der Waals surface area contributed by atoms with Crippen LogP contribution in [0.25, 0.3) is 0 Å². The Bertz CT molecular complexity index is 735. The number of carbonyl (C=O) groups is 2. The maximum atomic E-state index is 12.2. The maximum absolute atomic E-state index is 12.2. The van der Waals surface area contributed by atoms with Gasteiger partial charge in [-0.05, 0) is 44.9 Å². The second kappa shape index (κ2) is 7.43. The summed E-state index contributed by atoms with van der Waals surface area (Å²) in [5, 5.41) is 5.38. The number of amides is 2. The van der Waals surface area contributed by atoms with E-state index < -0.39 is 21.5 Å². The Morgan fingerprint density at radius 2 is 1.84 bits per heavy atom. The van der Waals surface area contributed by atoms with Crippen LogP contribution in [0, 0.1) is 0 Å². The number of alkyl carbamates (subject to hydrolysis) is 1. The van der Waals surface area contributed by atoms with Gasteiger partial charge >= 0.3 is 6.09 Å². The van der Waals surface area contributed by atoms with E-state index in [0.717, 1.165) is 5.56 Å². The van der Waals surface area contributed by atoms with Gasteiger partial charge in [0.25, 0.3) is 5.91 Å². The van der Waals surface area contributed by atoms with Crippen molar-refractivity contribution >= 4 is 21.8 Å². The van der Waals surface area contributed by atoms with Crippen LogP contribution in [0.1, 0.15) is 43.1 Å². The van der Waals surface area contributed by atoms with Crippen molar-refractivity contribution in [3.8, 4) is 0 Å². The van der Waals surface area contributed by atoms with E-state index in [1.165, 1.54) is 0 Å². The van der Waals surface area contributed by atoms with Crippen molar-refractivity contribution in [2.75, 3.05) is 11.5 Å². The Balaban J connectivity index is 1.85. The van der Waals surface area contributed by atoms with E-state index in [9.17, 15) is 18.0 Å². The Kier molecular flexibility index (Phi) is 5.72. The highest BCUT2D eigenvalue weighted by atomic mass is 32.2. The molecule has 1 aliphatic rings. The van der Waals surface area contributed by atoms with Gasteiger partial charge in [0.05, 0.1) is 11.5 Å². The van der Waals surface area contributed by atoms with E-state index in [-0.39, 0.29) is 30.0 Å². The molecule has 1 aliphatic heterocycles. The summed E-state index contributed by atoms with van der Waals surface area (Å²) in [7, 11) is -3.03. The van der Waals surface area contributed by atoms with Crippen molar-refractivity contribution in [2.24, 2.45) is 0 Å². The van der Waals surface area contributed by atoms with Gasteiger partial charge in [-0.2, -0.15) is 0 Å². The molecule has 0 saturated carbocycles. The molecule has 2 amide bonds. The fraction of sp³-hybridized carbons (Fsp3) is 0.529. The molecule has 138 valence electrons. The third kappa shape index (κ3) is 6.38. The average Bonchev–Trinajstić information content (AvgIpc) is 2.83. The Hall–Kier alpha value is -2.09. The van der Waals surface area contributed by atoms with Crippen molar-refractivity contribution in [3.05, 3.63) is 35.4 Å². The number of hydrogen-bond acceptors (Lipinski definition) is 5. The Labute approximate surface area is 148 Å². The normalized spacial score (nSPS) is 19.2. The molecule has 0 bridgehead atoms. The van der Waals surface area contributed by atoms with Crippen molar-refractivity contribution in [2.45, 2.75) is 45.4 Å². The van der Waals surface area contributed by atoms with Crippen molar-refractivity contribution < 1.29 is 22.7 Å². The summed E-state index contributed by atoms with van der Waals surface area (Å²) in [5.74, 6) is -0.183. The van der Waals surface area contributed by atoms with Crippen LogP contribution in [0.2, 0.25) is 0 Å². The van der Waals surface area contributed by atoms with E-state index in [2.05, 4.69) is 10.6 Å². The van der Waals surface area contributed by atoms with E-state index in [0.29, 0.717) is 12.0 Å². The highest BCUT2D eigenvalue weighted by molar-refractivity contribution is 7.91. The average molecular weight is 368 g/mol. The molecule has 0 radical (unpaired) electrons. The van der Waals surface area contributed by atoms with Gasteiger partial charge in [-0.25, -0.2) is 13.2 Å². The lowest BCUT2D eigenvalue weighted by Gasteiger charge is -2.19. The molecule has 0 unspecified atom stereocenters. The van der Waals surface area contributed by atoms with Gasteiger partial charge in [0.15, 0.2) is 9.84 Å². The third-order valence-corrected chi connectivity index (χ3v) is 5.39. The molecule has 2 rings (SSSR count). The quantitative estimate of drug-likeness (QED) is 0.841. The first-order valence-corrected chi connectivity index (χ1v) is 9.93. The zero-order chi connectivity index (χ0) is 18.7. The smallest absolute Gasteiger partial charge is 0.407 e. The first kappa shape index (κ1) is 19.2. The molecular formula is C17H24N2O5S. The zero-order valence-corrected chi connectivity index (χ0v) is 15.5. The minimum Gasteiger partial charge on any atom is -0.444 e. The summed E-state index contributed by atoms with van der Waals surface area (Å²) in [6, 6.07) is 6.43. The highest BCUT2D eigenvalue weighted by Crippen LogP contribution is 2.13. The number of rotatable bonds is 4. The summed E-state index contributed by atoms with van der Waals surface area (Å²) in [5.41, 5.74) is 0.718. The van der Waals surface area contributed by atoms with Crippen molar-refractivity contribution in [1.29, 1.82) is 0 Å². The lowest BCUT2D eigenvalue weighted by molar-refractivity contribution is 0.0523. The molecule has 25 heavy (non-hydrogen) atoms. The largest absolute Gasteiger partial charge is 0.444 e. The summed E-state index contributed by atoms with van der Waals surface area (Å²) < 4.78 is 28.0. The monoisotopic (exact) mass is 368 g/mol. The molecule has 0 aliphatic carbocycles. The molecule has 1 aromatic rings. The molecule has 0 spiro atoms. The molecule has 1 fully saturated rings. The fourth-order valence-corrected chi connectivity index (χ4v) is 4.11. The van der Waals surface area contributed by atoms with E-state index in [1.807, 2.05) is 0 Å². The summed E-state index contributed by atoms with van der Waals surface area (Å²) in [6.45, 7) is 5.65. The molecule has 1 aromatic carbocycles. The van der Waals surface area contributed by atoms with Gasteiger partial charge in [-0.3, -0.25) is 4.79 Å². The number of hydrogen-bond donors (Lipinski definition) is 2. The maximum Gasteiger partial charge on any atom is 0.407 e. The predicted molar refractivity (Wildman–Crippen MR) is 94.0 cm³/mol. The summed E-state index contributed by atoms with van der Waals surface area (Å²) in [4.78, 5) is 23.8. The molecule has 1 heterocycles. The topological polar surface area (TPSA) is 102 Å². The summed E-state index contributed by atoms with van der Waals surface area (Å²) in [6.07, 6.45) is -0.0526. The lowest BCUT2D eigenvalue weighted by Crippen LogP contribution is -2.35. The van der Waals surface area contributed by atoms with Gasteiger partial charge in [-0.15, -0.1) is 0 Å². The molecule has 0 aromatic heterocycles. The van der Waals surface area contributed by atoms with Gasteiger partial charge in [0.1, 0.15) is 5.60 Å². The SMILES string of the molecule is CC(C)(C)OC(=O)NCc1ccc(C(=O)N[C@@H]2CCS(=O)(=O)C2)cc1. The number of nitrogens with one attached hydrogen (secondary N) is 2. The van der Waals surface area contributed by atoms with Crippen molar-refractivity contribution in [3.63, 3.8) is 0 Å². The number of benzene rings is 1. The van der Waals surface area contributed by atoms with Crippen LogP contribution in [0.15, 0.2) is 24.3 Å². The third-order valence-electron chi connectivity index (χ3n) is 3.62. The van der Waals surface area contributed by atoms with E-state index >= 15 is 0 Å². The van der Waals surface area contributed by atoms with Crippen LogP contribution in [-0.2, 0) is 21.1 Å². The van der Waals surface area contributed by atoms with E-state index in [4.69, 9.17) is 4.74 Å². The van der Waals surface area contributed by atoms with Crippen LogP contribution in [0.5, 0.6) is 0 Å². The zero-order valence-electron chi connectivity index (χ0n) is 14.7. The number of sulfone groups is 1. The second-order valence-corrected chi connectivity index (χ2v) is 9.35. The lowest BCUT2D eigenvalue weighted by atomic mass is 10.1. The Morgan fingerprint density at radius 3 is 2.36 bits per heavy atom. The first-order chi connectivity index (χ1) is 11.5.